The number of aromatic nitrogens is 4. The lowest BCUT2D eigenvalue weighted by Crippen LogP contribution is -2.04. The Morgan fingerprint density at radius 1 is 0.429 bits per heavy atom. The fourth-order valence-electron chi connectivity index (χ4n) is 8.99. The van der Waals surface area contributed by atoms with Gasteiger partial charge in [-0.3, -0.25) is 0 Å². The van der Waals surface area contributed by atoms with Crippen molar-refractivity contribution in [2.75, 3.05) is 0 Å². The van der Waals surface area contributed by atoms with E-state index in [1.807, 2.05) is 78.9 Å². The molecular formula is C57H36N4O2. The lowest BCUT2D eigenvalue weighted by Gasteiger charge is -2.19. The van der Waals surface area contributed by atoms with Crippen LogP contribution in [0.15, 0.2) is 216 Å². The Hall–Kier alpha value is -8.61. The van der Waals surface area contributed by atoms with Gasteiger partial charge >= 0.3 is 0 Å². The van der Waals surface area contributed by atoms with E-state index in [2.05, 4.69) is 132 Å². The molecule has 12 aromatic rings. The van der Waals surface area contributed by atoms with Crippen molar-refractivity contribution >= 4 is 71.8 Å². The summed E-state index contributed by atoms with van der Waals surface area (Å²) in [6.07, 6.45) is 9.92. The average molecular weight is 809 g/mol. The van der Waals surface area contributed by atoms with Gasteiger partial charge in [0.2, 0.25) is 0 Å². The smallest absolute Gasteiger partial charge is 0.164 e. The Morgan fingerprint density at radius 3 is 1.79 bits per heavy atom. The average Bonchev–Trinajstić information content (AvgIpc) is 4.02. The lowest BCUT2D eigenvalue weighted by atomic mass is 9.95. The van der Waals surface area contributed by atoms with E-state index in [-0.39, 0.29) is 0 Å². The first-order chi connectivity index (χ1) is 31.2. The molecule has 6 nitrogen and oxygen atoms in total. The van der Waals surface area contributed by atoms with Gasteiger partial charge in [0, 0.05) is 49.2 Å². The summed E-state index contributed by atoms with van der Waals surface area (Å²) in [4.78, 5) is 15.6. The summed E-state index contributed by atoms with van der Waals surface area (Å²) in [7, 11) is 0. The van der Waals surface area contributed by atoms with E-state index in [1.54, 1.807) is 6.08 Å². The van der Waals surface area contributed by atoms with Gasteiger partial charge in [-0.15, -0.1) is 0 Å². The molecule has 0 aliphatic rings. The molecule has 0 amide bonds. The van der Waals surface area contributed by atoms with E-state index in [4.69, 9.17) is 23.8 Å². The van der Waals surface area contributed by atoms with Crippen LogP contribution in [0.3, 0.4) is 0 Å². The quantitative estimate of drug-likeness (QED) is 0.143. The number of hydrogen-bond donors (Lipinski definition) is 0. The molecule has 0 saturated heterocycles. The van der Waals surface area contributed by atoms with Crippen LogP contribution < -0.4 is 0 Å². The molecule has 296 valence electrons. The molecule has 0 atom stereocenters. The third-order valence-corrected chi connectivity index (χ3v) is 11.8. The Bertz CT molecular complexity index is 3810. The molecule has 0 saturated carbocycles. The largest absolute Gasteiger partial charge is 0.456 e. The number of allylic oxidation sites excluding steroid dienone is 4. The molecule has 63 heavy (non-hydrogen) atoms. The molecule has 0 aliphatic carbocycles. The van der Waals surface area contributed by atoms with Gasteiger partial charge in [-0.25, -0.2) is 15.0 Å². The highest BCUT2D eigenvalue weighted by atomic mass is 16.3. The number of furan rings is 2. The molecule has 12 rings (SSSR count). The minimum Gasteiger partial charge on any atom is -0.456 e. The molecule has 0 aliphatic heterocycles. The molecule has 0 spiro atoms. The monoisotopic (exact) mass is 808 g/mol. The second-order valence-electron chi connectivity index (χ2n) is 15.6. The fourth-order valence-corrected chi connectivity index (χ4v) is 8.99. The molecule has 4 heterocycles. The van der Waals surface area contributed by atoms with Crippen LogP contribution in [0.5, 0.6) is 0 Å². The molecule has 4 aromatic heterocycles. The van der Waals surface area contributed by atoms with Crippen molar-refractivity contribution in [3.63, 3.8) is 0 Å². The third kappa shape index (κ3) is 6.07. The van der Waals surface area contributed by atoms with Crippen LogP contribution in [0.4, 0.5) is 0 Å². The number of para-hydroxylation sites is 3. The van der Waals surface area contributed by atoms with Gasteiger partial charge in [0.1, 0.15) is 22.3 Å². The van der Waals surface area contributed by atoms with Gasteiger partial charge in [0.05, 0.1) is 22.1 Å². The van der Waals surface area contributed by atoms with Crippen molar-refractivity contribution in [3.05, 3.63) is 212 Å². The summed E-state index contributed by atoms with van der Waals surface area (Å²) in [6, 6.07) is 60.6. The highest BCUT2D eigenvalue weighted by molar-refractivity contribution is 6.24. The Kier molecular flexibility index (Phi) is 8.54. The molecule has 0 bridgehead atoms. The van der Waals surface area contributed by atoms with Crippen molar-refractivity contribution in [3.8, 4) is 51.0 Å². The predicted molar refractivity (Wildman–Crippen MR) is 259 cm³/mol. The second-order valence-corrected chi connectivity index (χ2v) is 15.6. The number of fused-ring (bicyclic) bond motifs is 10. The van der Waals surface area contributed by atoms with E-state index in [1.165, 1.54) is 0 Å². The summed E-state index contributed by atoms with van der Waals surface area (Å²) in [5.41, 5.74) is 12.1. The minimum absolute atomic E-state index is 0.551. The molecule has 6 heteroatoms. The molecular weight excluding hydrogens is 773 g/mol. The lowest BCUT2D eigenvalue weighted by molar-refractivity contribution is 0.669. The molecule has 0 fully saturated rings. The van der Waals surface area contributed by atoms with E-state index in [0.717, 1.165) is 105 Å². The minimum atomic E-state index is 0.551. The van der Waals surface area contributed by atoms with E-state index < -0.39 is 0 Å². The first kappa shape index (κ1) is 36.3. The first-order valence-electron chi connectivity index (χ1n) is 21.0. The molecule has 0 radical (unpaired) electrons. The van der Waals surface area contributed by atoms with Crippen LogP contribution in [0.25, 0.3) is 123 Å². The predicted octanol–water partition coefficient (Wildman–Crippen LogP) is 15.2. The fraction of sp³-hybridized carbons (Fsp3) is 0. The zero-order valence-corrected chi connectivity index (χ0v) is 33.9. The van der Waals surface area contributed by atoms with Gasteiger partial charge in [0.25, 0.3) is 0 Å². The highest BCUT2D eigenvalue weighted by Gasteiger charge is 2.24. The van der Waals surface area contributed by atoms with Crippen LogP contribution in [0, 0.1) is 0 Å². The Labute approximate surface area is 362 Å². The SMILES string of the molecule is C=C/C=C\C=C\c1cc(-c2nc(-c3ccccc3)nc(-c3ccc4c(c3)oc3ccccc34)n2)cc(-c2ccccc2)c1-n1c2ccccc2c2c3oc4ccccc4c3ccc21. The Balaban J connectivity index is 1.15. The second kappa shape index (κ2) is 14.8. The van der Waals surface area contributed by atoms with Crippen molar-refractivity contribution in [1.82, 2.24) is 19.5 Å². The maximum atomic E-state index is 6.70. The summed E-state index contributed by atoms with van der Waals surface area (Å²) >= 11 is 0. The van der Waals surface area contributed by atoms with Crippen molar-refractivity contribution in [1.29, 1.82) is 0 Å². The summed E-state index contributed by atoms with van der Waals surface area (Å²) in [5.74, 6) is 1.68. The van der Waals surface area contributed by atoms with Crippen LogP contribution in [-0.2, 0) is 0 Å². The van der Waals surface area contributed by atoms with E-state index in [9.17, 15) is 0 Å². The van der Waals surface area contributed by atoms with Crippen LogP contribution >= 0.6 is 0 Å². The maximum absolute atomic E-state index is 6.70. The maximum Gasteiger partial charge on any atom is 0.164 e. The van der Waals surface area contributed by atoms with Gasteiger partial charge in [-0.05, 0) is 65.7 Å². The molecule has 8 aromatic carbocycles. The standard InChI is InChI=1S/C57H36N4O2/c1-2-3-4-7-22-38-33-40(57-59-55(37-20-10-6-11-21-37)58-56(60-57)39-29-30-43-41-23-13-16-27-49(41)62-51(43)35-39)34-46(36-18-8-5-9-19-36)53(38)61-47-26-15-12-25-45(47)52-48(61)32-31-44-42-24-14-17-28-50(42)63-54(44)52/h2-35H,1H2/b4-3-,22-7+. The van der Waals surface area contributed by atoms with Crippen LogP contribution in [0.2, 0.25) is 0 Å². The number of hydrogen-bond acceptors (Lipinski definition) is 5. The van der Waals surface area contributed by atoms with Crippen molar-refractivity contribution in [2.24, 2.45) is 0 Å². The summed E-state index contributed by atoms with van der Waals surface area (Å²) < 4.78 is 15.4. The number of rotatable bonds is 8. The molecule has 0 N–H and O–H groups in total. The normalized spacial score (nSPS) is 12.1. The van der Waals surface area contributed by atoms with Crippen LogP contribution in [0.1, 0.15) is 5.56 Å². The third-order valence-electron chi connectivity index (χ3n) is 11.8. The van der Waals surface area contributed by atoms with Gasteiger partial charge in [0.15, 0.2) is 17.5 Å². The van der Waals surface area contributed by atoms with Crippen molar-refractivity contribution in [2.45, 2.75) is 0 Å². The van der Waals surface area contributed by atoms with Gasteiger partial charge in [-0.2, -0.15) is 0 Å². The molecule has 0 unspecified atom stereocenters. The van der Waals surface area contributed by atoms with Gasteiger partial charge < -0.3 is 13.4 Å². The zero-order valence-electron chi connectivity index (χ0n) is 33.9. The van der Waals surface area contributed by atoms with Crippen LogP contribution in [-0.4, -0.2) is 19.5 Å². The zero-order chi connectivity index (χ0) is 41.9. The summed E-state index contributed by atoms with van der Waals surface area (Å²) in [5, 5.41) is 6.49. The highest BCUT2D eigenvalue weighted by Crippen LogP contribution is 2.44. The first-order valence-corrected chi connectivity index (χ1v) is 21.0. The van der Waals surface area contributed by atoms with E-state index >= 15 is 0 Å². The van der Waals surface area contributed by atoms with Gasteiger partial charge in [-0.1, -0.05) is 158 Å². The number of nitrogens with zero attached hydrogens (tertiary/aromatic N) is 4. The van der Waals surface area contributed by atoms with Crippen molar-refractivity contribution < 1.29 is 8.83 Å². The Morgan fingerprint density at radius 2 is 1.03 bits per heavy atom. The topological polar surface area (TPSA) is 69.9 Å². The van der Waals surface area contributed by atoms with E-state index in [0.29, 0.717) is 17.5 Å². The summed E-state index contributed by atoms with van der Waals surface area (Å²) in [6.45, 7) is 3.91. The number of benzene rings is 8.